The first-order chi connectivity index (χ1) is 17.5. The second-order valence-corrected chi connectivity index (χ2v) is 8.40. The third-order valence-electron chi connectivity index (χ3n) is 6.03. The molecule has 10 heteroatoms. The summed E-state index contributed by atoms with van der Waals surface area (Å²) in [6.07, 6.45) is 1.72. The molecule has 0 bridgehead atoms. The van der Waals surface area contributed by atoms with Crippen molar-refractivity contribution in [3.63, 3.8) is 0 Å². The van der Waals surface area contributed by atoms with Crippen LogP contribution in [0.2, 0.25) is 0 Å². The van der Waals surface area contributed by atoms with Crippen LogP contribution in [0.4, 0.5) is 11.4 Å². The molecule has 2 aromatic heterocycles. The van der Waals surface area contributed by atoms with Crippen molar-refractivity contribution in [2.24, 2.45) is 0 Å². The molecule has 1 saturated heterocycles. The van der Waals surface area contributed by atoms with E-state index in [2.05, 4.69) is 10.3 Å². The summed E-state index contributed by atoms with van der Waals surface area (Å²) < 4.78 is 17.3. The smallest absolute Gasteiger partial charge is 0.280 e. The molecule has 2 aromatic carbocycles. The highest BCUT2D eigenvalue weighted by Gasteiger charge is 2.43. The normalized spacial score (nSPS) is 17.1. The number of hydrogen-bond acceptors (Lipinski definition) is 7. The first-order valence-corrected chi connectivity index (χ1v) is 11.5. The molecule has 0 unspecified atom stereocenters. The number of nitrogens with one attached hydrogen (secondary N) is 1. The highest BCUT2D eigenvalue weighted by Crippen LogP contribution is 2.46. The number of hydrogen-bond donors (Lipinski definition) is 1. The SMILES string of the molecule is COc1ccc(N2C(=S)N[C@H](c3ccccn3)[C@@H]2c2ccc(-c3ccccc3[N+](=O)[O-])o2)c(OC)c1. The molecule has 0 amide bonds. The van der Waals surface area contributed by atoms with E-state index in [1.807, 2.05) is 41.3 Å². The Bertz CT molecular complexity index is 1420. The van der Waals surface area contributed by atoms with Crippen LogP contribution in [0.3, 0.4) is 0 Å². The van der Waals surface area contributed by atoms with Gasteiger partial charge in [-0.15, -0.1) is 0 Å². The molecule has 3 heterocycles. The molecule has 0 spiro atoms. The Balaban J connectivity index is 1.64. The van der Waals surface area contributed by atoms with Crippen molar-refractivity contribution in [3.8, 4) is 22.8 Å². The van der Waals surface area contributed by atoms with E-state index < -0.39 is 11.0 Å². The number of thiocarbonyl (C=S) groups is 1. The minimum atomic E-state index is -0.453. The Hall–Kier alpha value is -4.44. The average Bonchev–Trinajstić information content (AvgIpc) is 3.53. The minimum absolute atomic E-state index is 0.0339. The number of nitrogens with zero attached hydrogens (tertiary/aromatic N) is 3. The van der Waals surface area contributed by atoms with E-state index in [4.69, 9.17) is 26.1 Å². The minimum Gasteiger partial charge on any atom is -0.497 e. The molecule has 1 fully saturated rings. The molecule has 0 radical (unpaired) electrons. The van der Waals surface area contributed by atoms with Crippen molar-refractivity contribution in [3.05, 3.63) is 101 Å². The van der Waals surface area contributed by atoms with E-state index in [-0.39, 0.29) is 11.7 Å². The highest BCUT2D eigenvalue weighted by atomic mass is 32.1. The number of rotatable bonds is 7. The highest BCUT2D eigenvalue weighted by molar-refractivity contribution is 7.80. The maximum atomic E-state index is 11.6. The van der Waals surface area contributed by atoms with Gasteiger partial charge in [0.05, 0.1) is 42.1 Å². The zero-order valence-electron chi connectivity index (χ0n) is 19.5. The third-order valence-corrected chi connectivity index (χ3v) is 6.34. The lowest BCUT2D eigenvalue weighted by Crippen LogP contribution is -2.29. The predicted octanol–water partition coefficient (Wildman–Crippen LogP) is 5.44. The molecule has 36 heavy (non-hydrogen) atoms. The van der Waals surface area contributed by atoms with Crippen LogP contribution < -0.4 is 19.7 Å². The van der Waals surface area contributed by atoms with Crippen molar-refractivity contribution in [1.82, 2.24) is 10.3 Å². The number of aromatic nitrogens is 1. The van der Waals surface area contributed by atoms with Crippen molar-refractivity contribution in [2.45, 2.75) is 12.1 Å². The predicted molar refractivity (Wildman–Crippen MR) is 138 cm³/mol. The van der Waals surface area contributed by atoms with Crippen LogP contribution in [0.5, 0.6) is 11.5 Å². The van der Waals surface area contributed by atoms with Gasteiger partial charge < -0.3 is 24.1 Å². The van der Waals surface area contributed by atoms with Gasteiger partial charge in [-0.3, -0.25) is 15.1 Å². The van der Waals surface area contributed by atoms with Crippen molar-refractivity contribution in [1.29, 1.82) is 0 Å². The summed E-state index contributed by atoms with van der Waals surface area (Å²) in [6.45, 7) is 0. The van der Waals surface area contributed by atoms with Crippen LogP contribution in [-0.4, -0.2) is 29.2 Å². The summed E-state index contributed by atoms with van der Waals surface area (Å²) in [4.78, 5) is 17.6. The van der Waals surface area contributed by atoms with Crippen LogP contribution in [0, 0.1) is 10.1 Å². The van der Waals surface area contributed by atoms with E-state index in [1.54, 1.807) is 50.7 Å². The van der Waals surface area contributed by atoms with Crippen LogP contribution in [0.1, 0.15) is 23.5 Å². The standard InChI is InChI=1S/C26H22N4O5S/c1-33-16-10-11-20(23(15-16)34-2)29-25(24(28-26(29)36)18-8-5-6-14-27-18)22-13-12-21(35-22)17-7-3-4-9-19(17)30(31)32/h3-15,24-25H,1-2H3,(H,28,36)/t24-,25+/m1/s1. The van der Waals surface area contributed by atoms with Gasteiger partial charge in [0, 0.05) is 18.3 Å². The lowest BCUT2D eigenvalue weighted by Gasteiger charge is -2.27. The van der Waals surface area contributed by atoms with E-state index >= 15 is 0 Å². The van der Waals surface area contributed by atoms with E-state index in [0.29, 0.717) is 39.4 Å². The maximum Gasteiger partial charge on any atom is 0.280 e. The van der Waals surface area contributed by atoms with Gasteiger partial charge in [0.1, 0.15) is 29.1 Å². The summed E-state index contributed by atoms with van der Waals surface area (Å²) in [5.74, 6) is 2.15. The Morgan fingerprint density at radius 3 is 2.58 bits per heavy atom. The number of anilines is 1. The molecule has 182 valence electrons. The van der Waals surface area contributed by atoms with Crippen LogP contribution in [0.25, 0.3) is 11.3 Å². The first-order valence-electron chi connectivity index (χ1n) is 11.1. The fourth-order valence-corrected chi connectivity index (χ4v) is 4.72. The van der Waals surface area contributed by atoms with Gasteiger partial charge in [0.25, 0.3) is 5.69 Å². The van der Waals surface area contributed by atoms with E-state index in [0.717, 1.165) is 5.69 Å². The second-order valence-electron chi connectivity index (χ2n) is 8.01. The molecule has 0 aliphatic carbocycles. The topological polar surface area (TPSA) is 103 Å². The molecular formula is C26H22N4O5S. The Kier molecular flexibility index (Phi) is 6.26. The Morgan fingerprint density at radius 2 is 1.86 bits per heavy atom. The monoisotopic (exact) mass is 502 g/mol. The number of ether oxygens (including phenoxy) is 2. The van der Waals surface area contributed by atoms with Gasteiger partial charge in [0.2, 0.25) is 0 Å². The fraction of sp³-hybridized carbons (Fsp3) is 0.154. The van der Waals surface area contributed by atoms with Gasteiger partial charge in [-0.05, 0) is 54.7 Å². The Morgan fingerprint density at radius 1 is 1.06 bits per heavy atom. The summed E-state index contributed by atoms with van der Waals surface area (Å²) in [6, 6.07) is 20.4. The summed E-state index contributed by atoms with van der Waals surface area (Å²) in [5, 5.41) is 15.4. The van der Waals surface area contributed by atoms with Crippen molar-refractivity contribution < 1.29 is 18.8 Å². The molecular weight excluding hydrogens is 480 g/mol. The van der Waals surface area contributed by atoms with Crippen LogP contribution in [0.15, 0.2) is 83.4 Å². The van der Waals surface area contributed by atoms with Gasteiger partial charge in [-0.1, -0.05) is 18.2 Å². The summed E-state index contributed by atoms with van der Waals surface area (Å²) in [7, 11) is 3.17. The largest absolute Gasteiger partial charge is 0.497 e. The number of para-hydroxylation sites is 1. The second kappa shape index (κ2) is 9.67. The van der Waals surface area contributed by atoms with Gasteiger partial charge in [-0.25, -0.2) is 0 Å². The van der Waals surface area contributed by atoms with Crippen molar-refractivity contribution >= 4 is 28.7 Å². The lowest BCUT2D eigenvalue weighted by atomic mass is 10.0. The number of methoxy groups -OCH3 is 2. The molecule has 9 nitrogen and oxygen atoms in total. The fourth-order valence-electron chi connectivity index (χ4n) is 4.38. The number of nitro benzene ring substituents is 1. The molecule has 1 N–H and O–H groups in total. The van der Waals surface area contributed by atoms with Crippen molar-refractivity contribution in [2.75, 3.05) is 19.1 Å². The zero-order chi connectivity index (χ0) is 25.2. The maximum absolute atomic E-state index is 11.6. The lowest BCUT2D eigenvalue weighted by molar-refractivity contribution is -0.384. The van der Waals surface area contributed by atoms with Gasteiger partial charge in [0.15, 0.2) is 5.11 Å². The summed E-state index contributed by atoms with van der Waals surface area (Å²) >= 11 is 5.77. The molecule has 5 rings (SSSR count). The molecule has 4 aromatic rings. The average molecular weight is 503 g/mol. The van der Waals surface area contributed by atoms with Crippen LogP contribution in [-0.2, 0) is 0 Å². The molecule has 2 atom stereocenters. The molecule has 1 aliphatic heterocycles. The van der Waals surface area contributed by atoms with E-state index in [9.17, 15) is 10.1 Å². The Labute approximate surface area is 212 Å². The first kappa shape index (κ1) is 23.3. The van der Waals surface area contributed by atoms with Crippen LogP contribution >= 0.6 is 12.2 Å². The van der Waals surface area contributed by atoms with Gasteiger partial charge in [-0.2, -0.15) is 0 Å². The number of furan rings is 1. The van der Waals surface area contributed by atoms with E-state index in [1.165, 1.54) is 6.07 Å². The third kappa shape index (κ3) is 4.11. The number of benzene rings is 2. The number of nitro groups is 1. The van der Waals surface area contributed by atoms with Gasteiger partial charge >= 0.3 is 0 Å². The molecule has 0 saturated carbocycles. The molecule has 1 aliphatic rings. The number of pyridine rings is 1. The zero-order valence-corrected chi connectivity index (χ0v) is 20.3. The quantitative estimate of drug-likeness (QED) is 0.201. The summed E-state index contributed by atoms with van der Waals surface area (Å²) in [5.41, 5.74) is 1.84.